The molecule has 0 radical (unpaired) electrons. The summed E-state index contributed by atoms with van der Waals surface area (Å²) in [4.78, 5) is 26.4. The number of rotatable bonds is 6. The molecular weight excluding hydrogens is 264 g/mol. The van der Waals surface area contributed by atoms with Gasteiger partial charge in [-0.15, -0.1) is 0 Å². The molecule has 0 heterocycles. The molecule has 0 saturated heterocycles. The van der Waals surface area contributed by atoms with Gasteiger partial charge in [0.2, 0.25) is 11.8 Å². The number of hydrogen-bond donors (Lipinski definition) is 1. The second kappa shape index (κ2) is 6.74. The molecule has 21 heavy (non-hydrogen) atoms. The van der Waals surface area contributed by atoms with Crippen molar-refractivity contribution in [3.8, 4) is 0 Å². The smallest absolute Gasteiger partial charge is 0.239 e. The van der Waals surface area contributed by atoms with Gasteiger partial charge >= 0.3 is 0 Å². The van der Waals surface area contributed by atoms with E-state index in [-0.39, 0.29) is 18.4 Å². The van der Waals surface area contributed by atoms with Crippen molar-refractivity contribution in [3.05, 3.63) is 35.9 Å². The summed E-state index contributed by atoms with van der Waals surface area (Å²) in [6.07, 6.45) is 2.82. The van der Waals surface area contributed by atoms with E-state index in [0.717, 1.165) is 24.8 Å². The summed E-state index contributed by atoms with van der Waals surface area (Å²) >= 11 is 0. The zero-order valence-electron chi connectivity index (χ0n) is 12.9. The number of carbonyl (C=O) groups excluding carboxylic acids is 2. The summed E-state index contributed by atoms with van der Waals surface area (Å²) in [6, 6.07) is 9.96. The Hall–Kier alpha value is -1.84. The van der Waals surface area contributed by atoms with Crippen LogP contribution in [0.1, 0.15) is 38.7 Å². The van der Waals surface area contributed by atoms with Crippen LogP contribution in [0.4, 0.5) is 0 Å². The molecule has 0 aliphatic heterocycles. The highest BCUT2D eigenvalue weighted by molar-refractivity contribution is 5.92. The minimum absolute atomic E-state index is 0.0877. The minimum atomic E-state index is -0.413. The maximum Gasteiger partial charge on any atom is 0.239 e. The van der Waals surface area contributed by atoms with Crippen LogP contribution >= 0.6 is 0 Å². The molecule has 1 saturated carbocycles. The van der Waals surface area contributed by atoms with Gasteiger partial charge in [-0.1, -0.05) is 36.8 Å². The average molecular weight is 288 g/mol. The number of amides is 2. The Labute approximate surface area is 126 Å². The van der Waals surface area contributed by atoms with Crippen LogP contribution < -0.4 is 5.32 Å². The standard InChI is InChI=1S/C17H24N2O2/c1-3-18-15(20)13-19(4-2)16(21)17(11-8-12-17)14-9-6-5-7-10-14/h5-7,9-10H,3-4,8,11-13H2,1-2H3,(H,18,20). The van der Waals surface area contributed by atoms with Crippen molar-refractivity contribution in [2.24, 2.45) is 0 Å². The lowest BCUT2D eigenvalue weighted by Gasteiger charge is -2.43. The molecule has 114 valence electrons. The van der Waals surface area contributed by atoms with Gasteiger partial charge in [0.25, 0.3) is 0 Å². The quantitative estimate of drug-likeness (QED) is 0.871. The molecule has 0 unspecified atom stereocenters. The van der Waals surface area contributed by atoms with Crippen molar-refractivity contribution in [2.75, 3.05) is 19.6 Å². The Kier molecular flexibility index (Phi) is 4.99. The van der Waals surface area contributed by atoms with Gasteiger partial charge < -0.3 is 10.2 Å². The number of carbonyl (C=O) groups is 2. The SMILES string of the molecule is CCNC(=O)CN(CC)C(=O)C1(c2ccccc2)CCC1. The van der Waals surface area contributed by atoms with E-state index in [1.54, 1.807) is 4.90 Å². The van der Waals surface area contributed by atoms with Crippen LogP contribution in [-0.2, 0) is 15.0 Å². The van der Waals surface area contributed by atoms with E-state index in [2.05, 4.69) is 5.32 Å². The zero-order chi connectivity index (χ0) is 15.3. The van der Waals surface area contributed by atoms with Crippen molar-refractivity contribution < 1.29 is 9.59 Å². The fourth-order valence-electron chi connectivity index (χ4n) is 2.97. The number of nitrogens with zero attached hydrogens (tertiary/aromatic N) is 1. The van der Waals surface area contributed by atoms with Gasteiger partial charge in [-0.05, 0) is 32.3 Å². The van der Waals surface area contributed by atoms with Crippen LogP contribution in [0.15, 0.2) is 30.3 Å². The molecule has 2 amide bonds. The first-order valence-electron chi connectivity index (χ1n) is 7.75. The molecule has 1 fully saturated rings. The van der Waals surface area contributed by atoms with Crippen LogP contribution in [-0.4, -0.2) is 36.3 Å². The Morgan fingerprint density at radius 1 is 1.19 bits per heavy atom. The monoisotopic (exact) mass is 288 g/mol. The molecule has 1 aliphatic carbocycles. The van der Waals surface area contributed by atoms with Crippen molar-refractivity contribution >= 4 is 11.8 Å². The van der Waals surface area contributed by atoms with Gasteiger partial charge in [-0.25, -0.2) is 0 Å². The molecule has 0 atom stereocenters. The number of hydrogen-bond acceptors (Lipinski definition) is 2. The van der Waals surface area contributed by atoms with Crippen LogP contribution in [0.5, 0.6) is 0 Å². The molecule has 1 aromatic rings. The molecule has 4 heteroatoms. The van der Waals surface area contributed by atoms with Crippen LogP contribution in [0.3, 0.4) is 0 Å². The van der Waals surface area contributed by atoms with Crippen molar-refractivity contribution in [1.29, 1.82) is 0 Å². The predicted molar refractivity (Wildman–Crippen MR) is 82.9 cm³/mol. The molecule has 0 spiro atoms. The molecule has 1 aliphatic rings. The van der Waals surface area contributed by atoms with E-state index in [0.29, 0.717) is 13.1 Å². The van der Waals surface area contributed by atoms with Gasteiger partial charge in [-0.2, -0.15) is 0 Å². The predicted octanol–water partition coefficient (Wildman–Crippen LogP) is 2.09. The highest BCUT2D eigenvalue weighted by Crippen LogP contribution is 2.45. The van der Waals surface area contributed by atoms with E-state index in [4.69, 9.17) is 0 Å². The summed E-state index contributed by atoms with van der Waals surface area (Å²) < 4.78 is 0. The van der Waals surface area contributed by atoms with Crippen molar-refractivity contribution in [3.63, 3.8) is 0 Å². The summed E-state index contributed by atoms with van der Waals surface area (Å²) in [7, 11) is 0. The maximum absolute atomic E-state index is 13.0. The molecule has 2 rings (SSSR count). The number of likely N-dealkylation sites (N-methyl/N-ethyl adjacent to an activating group) is 2. The van der Waals surface area contributed by atoms with Gasteiger partial charge in [0.05, 0.1) is 12.0 Å². The normalized spacial score (nSPS) is 15.9. The Morgan fingerprint density at radius 2 is 1.86 bits per heavy atom. The Balaban J connectivity index is 2.17. The van der Waals surface area contributed by atoms with Crippen LogP contribution in [0.2, 0.25) is 0 Å². The summed E-state index contributed by atoms with van der Waals surface area (Å²) in [5.41, 5.74) is 0.666. The molecule has 0 aromatic heterocycles. The fraction of sp³-hybridized carbons (Fsp3) is 0.529. The molecule has 0 bridgehead atoms. The first kappa shape index (κ1) is 15.5. The number of benzene rings is 1. The largest absolute Gasteiger partial charge is 0.355 e. The summed E-state index contributed by atoms with van der Waals surface area (Å²) in [6.45, 7) is 5.11. The summed E-state index contributed by atoms with van der Waals surface area (Å²) in [5.74, 6) is 0.00365. The van der Waals surface area contributed by atoms with Crippen LogP contribution in [0.25, 0.3) is 0 Å². The highest BCUT2D eigenvalue weighted by Gasteiger charge is 2.47. The molecule has 1 N–H and O–H groups in total. The van der Waals surface area contributed by atoms with Gasteiger partial charge in [0.15, 0.2) is 0 Å². The van der Waals surface area contributed by atoms with Crippen molar-refractivity contribution in [1.82, 2.24) is 10.2 Å². The fourth-order valence-corrected chi connectivity index (χ4v) is 2.97. The van der Waals surface area contributed by atoms with Gasteiger partial charge in [-0.3, -0.25) is 9.59 Å². The zero-order valence-corrected chi connectivity index (χ0v) is 12.9. The highest BCUT2D eigenvalue weighted by atomic mass is 16.2. The first-order valence-corrected chi connectivity index (χ1v) is 7.75. The average Bonchev–Trinajstić information content (AvgIpc) is 2.45. The second-order valence-corrected chi connectivity index (χ2v) is 5.57. The van der Waals surface area contributed by atoms with E-state index < -0.39 is 5.41 Å². The van der Waals surface area contributed by atoms with Crippen molar-refractivity contribution in [2.45, 2.75) is 38.5 Å². The van der Waals surface area contributed by atoms with E-state index in [1.165, 1.54) is 0 Å². The number of nitrogens with one attached hydrogen (secondary N) is 1. The van der Waals surface area contributed by atoms with E-state index >= 15 is 0 Å². The summed E-state index contributed by atoms with van der Waals surface area (Å²) in [5, 5.41) is 2.76. The third-order valence-electron chi connectivity index (χ3n) is 4.32. The molecule has 1 aromatic carbocycles. The second-order valence-electron chi connectivity index (χ2n) is 5.57. The van der Waals surface area contributed by atoms with Crippen LogP contribution in [0, 0.1) is 0 Å². The lowest BCUT2D eigenvalue weighted by molar-refractivity contribution is -0.143. The topological polar surface area (TPSA) is 49.4 Å². The Bertz CT molecular complexity index is 495. The molecular formula is C17H24N2O2. The third-order valence-corrected chi connectivity index (χ3v) is 4.32. The Morgan fingerprint density at radius 3 is 2.33 bits per heavy atom. The van der Waals surface area contributed by atoms with Gasteiger partial charge in [0, 0.05) is 13.1 Å². The minimum Gasteiger partial charge on any atom is -0.355 e. The third kappa shape index (κ3) is 3.09. The lowest BCUT2D eigenvalue weighted by Crippen LogP contribution is -2.53. The first-order chi connectivity index (χ1) is 10.1. The molecule has 4 nitrogen and oxygen atoms in total. The lowest BCUT2D eigenvalue weighted by atomic mass is 9.63. The van der Waals surface area contributed by atoms with E-state index in [9.17, 15) is 9.59 Å². The maximum atomic E-state index is 13.0. The van der Waals surface area contributed by atoms with E-state index in [1.807, 2.05) is 44.2 Å². The van der Waals surface area contributed by atoms with Gasteiger partial charge in [0.1, 0.15) is 0 Å².